The van der Waals surface area contributed by atoms with Gasteiger partial charge in [-0.05, 0) is 53.9 Å². The molecule has 0 bridgehead atoms. The maximum Gasteiger partial charge on any atom is 0.0886 e. The molecule has 6 heteroatoms. The number of halogens is 2. The fourth-order valence-electron chi connectivity index (χ4n) is 2.43. The van der Waals surface area contributed by atoms with Crippen molar-refractivity contribution < 1.29 is 20.6 Å². The van der Waals surface area contributed by atoms with Gasteiger partial charge in [-0.1, -0.05) is 46.8 Å². The summed E-state index contributed by atoms with van der Waals surface area (Å²) in [7, 11) is 9.67. The van der Waals surface area contributed by atoms with Crippen LogP contribution in [0.4, 0.5) is 0 Å². The standard InChI is InChI=1S/C10H8N2.C10H15.2ClH.H2O.Rh/c1-3-7-11-9(5-1)10-6-2-4-8-12-10;1-6-7(2)9(4)10(5)8(6)3;;;;/h1-8H;1-5H3;2*1H;1H2;/q;;;;;+3/p-2. The van der Waals surface area contributed by atoms with Gasteiger partial charge in [0.15, 0.2) is 0 Å². The number of nitrogens with zero attached hydrogens (tertiary/aromatic N) is 2. The fraction of sp³-hybridized carbons (Fsp3) is 0.250. The molecular weight excluding hydrogens is 458 g/mol. The zero-order chi connectivity index (χ0) is 18.8. The van der Waals surface area contributed by atoms with Crippen molar-refractivity contribution in [1.29, 1.82) is 0 Å². The van der Waals surface area contributed by atoms with Crippen molar-refractivity contribution in [2.75, 3.05) is 0 Å². The van der Waals surface area contributed by atoms with Crippen LogP contribution in [0.2, 0.25) is 0 Å². The van der Waals surface area contributed by atoms with Gasteiger partial charge in [-0.15, -0.1) is 0 Å². The van der Waals surface area contributed by atoms with Gasteiger partial charge in [0, 0.05) is 12.4 Å². The van der Waals surface area contributed by atoms with E-state index in [2.05, 4.69) is 44.6 Å². The molecule has 2 heterocycles. The average molecular weight is 483 g/mol. The van der Waals surface area contributed by atoms with E-state index in [1.165, 1.54) is 29.6 Å². The van der Waals surface area contributed by atoms with Crippen LogP contribution < -0.4 is 0 Å². The Bertz CT molecular complexity index is 507. The molecule has 1 saturated carbocycles. The first-order valence-electron chi connectivity index (χ1n) is 7.79. The van der Waals surface area contributed by atoms with E-state index in [0.717, 1.165) is 11.4 Å². The molecule has 0 atom stereocenters. The third-order valence-corrected chi connectivity index (χ3v) is 4.40. The molecule has 143 valence electrons. The predicted molar refractivity (Wildman–Crippen MR) is 107 cm³/mol. The largest absolute Gasteiger partial charge is 0.255 e. The van der Waals surface area contributed by atoms with Crippen LogP contribution in [0.15, 0.2) is 48.8 Å². The topological polar surface area (TPSA) is 57.3 Å². The average Bonchev–Trinajstić information content (AvgIpc) is 2.82. The summed E-state index contributed by atoms with van der Waals surface area (Å²) >= 11 is -0.226. The van der Waals surface area contributed by atoms with Gasteiger partial charge in [0.2, 0.25) is 0 Å². The van der Waals surface area contributed by atoms with Crippen LogP contribution in [0.5, 0.6) is 0 Å². The normalized spacial score (nSPS) is 16.3. The number of rotatable bonds is 1. The number of hydrogen-bond donors (Lipinski definition) is 0. The molecule has 0 amide bonds. The molecule has 0 unspecified atom stereocenters. The minimum absolute atomic E-state index is 0. The summed E-state index contributed by atoms with van der Waals surface area (Å²) in [5.74, 6) is 7.34. The maximum atomic E-state index is 4.83. The molecule has 1 aliphatic rings. The van der Waals surface area contributed by atoms with Gasteiger partial charge in [0.1, 0.15) is 0 Å². The van der Waals surface area contributed by atoms with Crippen LogP contribution in [-0.4, -0.2) is 15.4 Å². The van der Waals surface area contributed by atoms with E-state index in [4.69, 9.17) is 19.4 Å². The molecule has 0 aromatic carbocycles. The Balaban J connectivity index is 0.000000410. The van der Waals surface area contributed by atoms with E-state index in [9.17, 15) is 0 Å². The molecule has 1 aliphatic carbocycles. The zero-order valence-electron chi connectivity index (χ0n) is 15.6. The minimum atomic E-state index is -0.226. The Morgan fingerprint density at radius 1 is 0.615 bits per heavy atom. The summed E-state index contributed by atoms with van der Waals surface area (Å²) in [6.45, 7) is 11.0. The Morgan fingerprint density at radius 3 is 1.08 bits per heavy atom. The second-order valence-electron chi connectivity index (χ2n) is 5.60. The van der Waals surface area contributed by atoms with Crippen LogP contribution in [0.3, 0.4) is 0 Å². The van der Waals surface area contributed by atoms with Crippen LogP contribution in [0.25, 0.3) is 11.4 Å². The van der Waals surface area contributed by atoms with Crippen LogP contribution in [0, 0.1) is 29.6 Å². The fourth-order valence-corrected chi connectivity index (χ4v) is 2.43. The molecule has 2 aromatic heterocycles. The third kappa shape index (κ3) is 7.60. The number of hydrogen-bond acceptors (Lipinski definition) is 2. The van der Waals surface area contributed by atoms with Crippen LogP contribution in [-0.2, 0) is 15.1 Å². The molecule has 26 heavy (non-hydrogen) atoms. The molecule has 2 N–H and O–H groups in total. The summed E-state index contributed by atoms with van der Waals surface area (Å²) in [6, 6.07) is 11.6. The molecule has 2 aromatic rings. The minimum Gasteiger partial charge on any atom is -0.255 e. The van der Waals surface area contributed by atoms with Crippen molar-refractivity contribution in [1.82, 2.24) is 9.97 Å². The van der Waals surface area contributed by atoms with Crippen molar-refractivity contribution in [3.63, 3.8) is 0 Å². The van der Waals surface area contributed by atoms with Gasteiger partial charge in [-0.3, -0.25) is 9.97 Å². The first kappa shape index (κ1) is 25.5. The monoisotopic (exact) mass is 482 g/mol. The van der Waals surface area contributed by atoms with E-state index in [1.54, 1.807) is 12.4 Å². The molecule has 3 nitrogen and oxygen atoms in total. The second kappa shape index (κ2) is 13.6. The van der Waals surface area contributed by atoms with Crippen LogP contribution in [0.1, 0.15) is 34.6 Å². The van der Waals surface area contributed by atoms with Gasteiger partial charge >= 0.3 is 34.5 Å². The molecule has 0 aliphatic heterocycles. The second-order valence-corrected chi connectivity index (χ2v) is 8.09. The first-order valence-corrected chi connectivity index (χ1v) is 12.0. The predicted octanol–water partition coefficient (Wildman–Crippen LogP) is 5.67. The SMILES string of the molecule is C[C]1[C](C)[C](C)[C](C)[C]1C.O.[Cl][Rh+][Cl].c1ccc(-c2ccccn2)nc1. The van der Waals surface area contributed by atoms with Crippen molar-refractivity contribution in [2.24, 2.45) is 0 Å². The van der Waals surface area contributed by atoms with Gasteiger partial charge in [0.25, 0.3) is 0 Å². The number of pyridine rings is 2. The molecule has 0 spiro atoms. The summed E-state index contributed by atoms with van der Waals surface area (Å²) < 4.78 is 0. The van der Waals surface area contributed by atoms with Crippen molar-refractivity contribution in [3.05, 3.63) is 78.4 Å². The maximum absolute atomic E-state index is 4.83. The van der Waals surface area contributed by atoms with E-state index >= 15 is 0 Å². The summed E-state index contributed by atoms with van der Waals surface area (Å²) in [5, 5.41) is 0. The smallest absolute Gasteiger partial charge is 0.0886 e. The summed E-state index contributed by atoms with van der Waals surface area (Å²) in [6.07, 6.45) is 3.54. The first-order chi connectivity index (χ1) is 11.9. The number of aromatic nitrogens is 2. The van der Waals surface area contributed by atoms with Crippen LogP contribution >= 0.6 is 19.4 Å². The van der Waals surface area contributed by atoms with E-state index in [0.29, 0.717) is 0 Å². The van der Waals surface area contributed by atoms with Crippen molar-refractivity contribution in [2.45, 2.75) is 34.6 Å². The van der Waals surface area contributed by atoms with Gasteiger partial charge < -0.3 is 5.48 Å². The Morgan fingerprint density at radius 2 is 0.885 bits per heavy atom. The van der Waals surface area contributed by atoms with E-state index in [1.807, 2.05) is 36.4 Å². The van der Waals surface area contributed by atoms with E-state index < -0.39 is 0 Å². The molecule has 0 saturated heterocycles. The summed E-state index contributed by atoms with van der Waals surface area (Å²) in [4.78, 5) is 8.37. The Hall–Kier alpha value is -0.537. The molecule has 5 radical (unpaired) electrons. The quantitative estimate of drug-likeness (QED) is 0.491. The Kier molecular flexibility index (Phi) is 13.3. The summed E-state index contributed by atoms with van der Waals surface area (Å²) in [5.41, 5.74) is 1.83. The molecule has 3 rings (SSSR count). The molecule has 1 fully saturated rings. The zero-order valence-corrected chi connectivity index (χ0v) is 18.8. The van der Waals surface area contributed by atoms with Gasteiger partial charge in [0.05, 0.1) is 11.4 Å². The molecular formula is C20H25Cl2N2ORh+. The third-order valence-electron chi connectivity index (χ3n) is 4.40. The van der Waals surface area contributed by atoms with Crippen molar-refractivity contribution >= 4 is 19.4 Å². The van der Waals surface area contributed by atoms with E-state index in [-0.39, 0.29) is 20.6 Å². The van der Waals surface area contributed by atoms with Gasteiger partial charge in [-0.2, -0.15) is 0 Å². The van der Waals surface area contributed by atoms with Gasteiger partial charge in [-0.25, -0.2) is 0 Å². The Labute approximate surface area is 173 Å². The van der Waals surface area contributed by atoms with Crippen molar-refractivity contribution in [3.8, 4) is 11.4 Å².